The van der Waals surface area contributed by atoms with Crippen molar-refractivity contribution in [3.8, 4) is 0 Å². The van der Waals surface area contributed by atoms with Crippen LogP contribution in [0.25, 0.3) is 0 Å². The molecule has 1 aromatic carbocycles. The molecule has 0 bridgehead atoms. The van der Waals surface area contributed by atoms with Gasteiger partial charge < -0.3 is 4.74 Å². The van der Waals surface area contributed by atoms with E-state index in [9.17, 15) is 9.59 Å². The van der Waals surface area contributed by atoms with E-state index in [4.69, 9.17) is 4.74 Å². The fourth-order valence-corrected chi connectivity index (χ4v) is 2.51. The fraction of sp³-hybridized carbons (Fsp3) is 0.579. The van der Waals surface area contributed by atoms with E-state index in [0.717, 1.165) is 12.8 Å². The first-order chi connectivity index (χ1) is 10.3. The fourth-order valence-electron chi connectivity index (χ4n) is 2.51. The molecule has 0 aromatic heterocycles. The number of unbranched alkanes of at least 4 members (excludes halogenated alkanes) is 1. The lowest BCUT2D eigenvalue weighted by Crippen LogP contribution is -2.43. The average Bonchev–Trinajstić information content (AvgIpc) is 2.47. The first-order valence-electron chi connectivity index (χ1n) is 8.10. The van der Waals surface area contributed by atoms with E-state index in [2.05, 4.69) is 6.92 Å². The van der Waals surface area contributed by atoms with Gasteiger partial charge in [-0.1, -0.05) is 57.0 Å². The molecule has 0 saturated heterocycles. The molecule has 1 atom stereocenters. The Balaban J connectivity index is 3.20. The quantitative estimate of drug-likeness (QED) is 0.413. The summed E-state index contributed by atoms with van der Waals surface area (Å²) in [5.74, 6) is -0.525. The Morgan fingerprint density at radius 2 is 1.64 bits per heavy atom. The molecule has 0 aliphatic carbocycles. The van der Waals surface area contributed by atoms with E-state index in [0.29, 0.717) is 18.4 Å². The van der Waals surface area contributed by atoms with Gasteiger partial charge in [0.25, 0.3) is 0 Å². The van der Waals surface area contributed by atoms with Gasteiger partial charge in [0.15, 0.2) is 5.78 Å². The van der Waals surface area contributed by atoms with Crippen LogP contribution < -0.4 is 0 Å². The summed E-state index contributed by atoms with van der Waals surface area (Å²) in [7, 11) is 0. The maximum atomic E-state index is 13.0. The highest BCUT2D eigenvalue weighted by molar-refractivity contribution is 6.12. The minimum atomic E-state index is -1.08. The molecule has 0 aliphatic heterocycles. The molecule has 0 N–H and O–H groups in total. The van der Waals surface area contributed by atoms with Crippen LogP contribution in [0.15, 0.2) is 30.3 Å². The molecule has 0 radical (unpaired) electrons. The largest absolute Gasteiger partial charge is 0.459 e. The first kappa shape index (κ1) is 18.4. The summed E-state index contributed by atoms with van der Waals surface area (Å²) in [5.41, 5.74) is -1.10. The van der Waals surface area contributed by atoms with Gasteiger partial charge in [0.1, 0.15) is 11.0 Å². The molecule has 3 heteroatoms. The number of esters is 1. The second kappa shape index (κ2) is 7.57. The van der Waals surface area contributed by atoms with Crippen LogP contribution in [-0.2, 0) is 9.53 Å². The number of carbonyl (C=O) groups is 2. The van der Waals surface area contributed by atoms with Crippen LogP contribution in [0.2, 0.25) is 0 Å². The topological polar surface area (TPSA) is 43.4 Å². The molecule has 22 heavy (non-hydrogen) atoms. The summed E-state index contributed by atoms with van der Waals surface area (Å²) in [6.45, 7) is 9.44. The Hall–Kier alpha value is -1.64. The normalized spacial score (nSPS) is 14.2. The zero-order valence-electron chi connectivity index (χ0n) is 14.4. The van der Waals surface area contributed by atoms with Crippen LogP contribution in [0.3, 0.4) is 0 Å². The highest BCUT2D eigenvalue weighted by Gasteiger charge is 2.46. The highest BCUT2D eigenvalue weighted by Crippen LogP contribution is 2.36. The van der Waals surface area contributed by atoms with E-state index in [-0.39, 0.29) is 5.78 Å². The molecule has 0 saturated carbocycles. The molecule has 1 rings (SSSR count). The van der Waals surface area contributed by atoms with Crippen molar-refractivity contribution in [3.05, 3.63) is 35.9 Å². The van der Waals surface area contributed by atoms with Crippen LogP contribution in [0.1, 0.15) is 70.7 Å². The van der Waals surface area contributed by atoms with E-state index >= 15 is 0 Å². The molecule has 1 aromatic rings. The maximum Gasteiger partial charge on any atom is 0.320 e. The summed E-state index contributed by atoms with van der Waals surface area (Å²) < 4.78 is 5.57. The number of ether oxygens (including phenoxy) is 1. The lowest BCUT2D eigenvalue weighted by molar-refractivity contribution is -0.165. The van der Waals surface area contributed by atoms with Crippen molar-refractivity contribution in [2.75, 3.05) is 0 Å². The monoisotopic (exact) mass is 304 g/mol. The molecule has 0 heterocycles. The van der Waals surface area contributed by atoms with Crippen molar-refractivity contribution in [1.82, 2.24) is 0 Å². The number of hydrogen-bond acceptors (Lipinski definition) is 3. The van der Waals surface area contributed by atoms with E-state index < -0.39 is 17.0 Å². The maximum absolute atomic E-state index is 13.0. The molecule has 0 spiro atoms. The third-order valence-corrected chi connectivity index (χ3v) is 3.82. The van der Waals surface area contributed by atoms with Crippen LogP contribution in [0, 0.1) is 5.41 Å². The van der Waals surface area contributed by atoms with Crippen molar-refractivity contribution in [2.24, 2.45) is 5.41 Å². The zero-order valence-corrected chi connectivity index (χ0v) is 14.4. The second-order valence-electron chi connectivity index (χ2n) is 6.74. The average molecular weight is 304 g/mol. The minimum absolute atomic E-state index is 0.127. The lowest BCUT2D eigenvalue weighted by Gasteiger charge is -2.32. The molecule has 0 aliphatic rings. The van der Waals surface area contributed by atoms with E-state index in [1.165, 1.54) is 0 Å². The Kier molecular flexibility index (Phi) is 6.34. The Labute approximate surface area is 134 Å². The van der Waals surface area contributed by atoms with Crippen LogP contribution in [0.5, 0.6) is 0 Å². The molecule has 122 valence electrons. The van der Waals surface area contributed by atoms with Gasteiger partial charge >= 0.3 is 5.97 Å². The van der Waals surface area contributed by atoms with Gasteiger partial charge in [-0.2, -0.15) is 0 Å². The van der Waals surface area contributed by atoms with Crippen molar-refractivity contribution in [3.63, 3.8) is 0 Å². The van der Waals surface area contributed by atoms with Crippen LogP contribution in [0.4, 0.5) is 0 Å². The molecule has 1 unspecified atom stereocenters. The Bertz CT molecular complexity index is 499. The lowest BCUT2D eigenvalue weighted by atomic mass is 9.74. The summed E-state index contributed by atoms with van der Waals surface area (Å²) >= 11 is 0. The minimum Gasteiger partial charge on any atom is -0.459 e. The SMILES string of the molecule is CCCCC(CC)(C(=O)OC(C)(C)C)C(=O)c1ccccc1. The van der Waals surface area contributed by atoms with E-state index in [1.54, 1.807) is 12.1 Å². The van der Waals surface area contributed by atoms with Gasteiger partial charge in [-0.05, 0) is 33.6 Å². The first-order valence-corrected chi connectivity index (χ1v) is 8.10. The Morgan fingerprint density at radius 3 is 2.09 bits per heavy atom. The third kappa shape index (κ3) is 4.43. The molecule has 3 nitrogen and oxygen atoms in total. The number of ketones is 1. The third-order valence-electron chi connectivity index (χ3n) is 3.82. The van der Waals surface area contributed by atoms with E-state index in [1.807, 2.05) is 45.9 Å². The number of hydrogen-bond donors (Lipinski definition) is 0. The molecule has 0 fully saturated rings. The van der Waals surface area contributed by atoms with Crippen LogP contribution in [-0.4, -0.2) is 17.4 Å². The summed E-state index contributed by atoms with van der Waals surface area (Å²) in [5, 5.41) is 0. The number of carbonyl (C=O) groups excluding carboxylic acids is 2. The second-order valence-corrected chi connectivity index (χ2v) is 6.74. The molecular formula is C19H28O3. The summed E-state index contributed by atoms with van der Waals surface area (Å²) in [6, 6.07) is 9.04. The van der Waals surface area contributed by atoms with Crippen molar-refractivity contribution in [1.29, 1.82) is 0 Å². The van der Waals surface area contributed by atoms with Crippen molar-refractivity contribution < 1.29 is 14.3 Å². The summed E-state index contributed by atoms with van der Waals surface area (Å²) in [4.78, 5) is 25.8. The van der Waals surface area contributed by atoms with Gasteiger partial charge in [-0.25, -0.2) is 0 Å². The number of benzene rings is 1. The van der Waals surface area contributed by atoms with Gasteiger partial charge in [0.05, 0.1) is 0 Å². The van der Waals surface area contributed by atoms with Crippen molar-refractivity contribution >= 4 is 11.8 Å². The van der Waals surface area contributed by atoms with Gasteiger partial charge in [0, 0.05) is 5.56 Å². The van der Waals surface area contributed by atoms with Gasteiger partial charge in [0.2, 0.25) is 0 Å². The standard InChI is InChI=1S/C19H28O3/c1-6-8-14-19(7-2,17(21)22-18(3,4)5)16(20)15-12-10-9-11-13-15/h9-13H,6-8,14H2,1-5H3. The molecular weight excluding hydrogens is 276 g/mol. The summed E-state index contributed by atoms with van der Waals surface area (Å²) in [6.07, 6.45) is 2.75. The molecule has 0 amide bonds. The number of Topliss-reactive ketones (excluding diaryl/α,β-unsaturated/α-hetero) is 1. The zero-order chi connectivity index (χ0) is 16.8. The predicted molar refractivity (Wildman–Crippen MR) is 88.9 cm³/mol. The van der Waals surface area contributed by atoms with Crippen LogP contribution >= 0.6 is 0 Å². The van der Waals surface area contributed by atoms with Gasteiger partial charge in [-0.3, -0.25) is 9.59 Å². The van der Waals surface area contributed by atoms with Gasteiger partial charge in [-0.15, -0.1) is 0 Å². The van der Waals surface area contributed by atoms with Crippen molar-refractivity contribution in [2.45, 2.75) is 65.9 Å². The smallest absolute Gasteiger partial charge is 0.320 e. The highest BCUT2D eigenvalue weighted by atomic mass is 16.6. The predicted octanol–water partition coefficient (Wildman–Crippen LogP) is 4.80. The Morgan fingerprint density at radius 1 is 1.05 bits per heavy atom. The number of rotatable bonds is 7.